The minimum absolute atomic E-state index is 0.0470. The quantitative estimate of drug-likeness (QED) is 0.620. The smallest absolute Gasteiger partial charge is 0.416 e. The Morgan fingerprint density at radius 2 is 1.90 bits per heavy atom. The number of hydrogen-bond acceptors (Lipinski definition) is 4. The van der Waals surface area contributed by atoms with E-state index in [4.69, 9.17) is 9.47 Å². The molecular formula is C14H12F3NO3. The van der Waals surface area contributed by atoms with Crippen LogP contribution in [0, 0.1) is 0 Å². The number of nitrogens with zero attached hydrogens (tertiary/aromatic N) is 1. The Morgan fingerprint density at radius 1 is 1.19 bits per heavy atom. The van der Waals surface area contributed by atoms with Crippen LogP contribution < -0.4 is 9.47 Å². The highest BCUT2D eigenvalue weighted by Crippen LogP contribution is 2.53. The summed E-state index contributed by atoms with van der Waals surface area (Å²) >= 11 is 0. The Hall–Kier alpha value is -2.01. The van der Waals surface area contributed by atoms with Crippen LogP contribution >= 0.6 is 0 Å². The fourth-order valence-electron chi connectivity index (χ4n) is 3.14. The zero-order valence-electron chi connectivity index (χ0n) is 11.0. The maximum Gasteiger partial charge on any atom is 0.416 e. The van der Waals surface area contributed by atoms with Crippen LogP contribution in [0.5, 0.6) is 11.5 Å². The van der Waals surface area contributed by atoms with Crippen molar-refractivity contribution in [2.45, 2.75) is 37.4 Å². The second kappa shape index (κ2) is 4.77. The Labute approximate surface area is 118 Å². The molecule has 1 heterocycles. The van der Waals surface area contributed by atoms with E-state index in [9.17, 15) is 18.0 Å². The first-order valence-corrected chi connectivity index (χ1v) is 6.57. The molecule has 1 aliphatic heterocycles. The Balaban J connectivity index is 2.29. The second-order valence-electron chi connectivity index (χ2n) is 5.16. The third-order valence-corrected chi connectivity index (χ3v) is 4.00. The molecule has 1 aliphatic carbocycles. The summed E-state index contributed by atoms with van der Waals surface area (Å²) in [4.78, 5) is 14.5. The number of aliphatic imine (C=N–C) groups is 1. The molecule has 0 radical (unpaired) electrons. The number of hydrogen-bond donors (Lipinski definition) is 0. The van der Waals surface area contributed by atoms with Crippen molar-refractivity contribution < 1.29 is 27.4 Å². The van der Waals surface area contributed by atoms with Crippen LogP contribution in [-0.4, -0.2) is 12.9 Å². The van der Waals surface area contributed by atoms with Gasteiger partial charge < -0.3 is 9.47 Å². The van der Waals surface area contributed by atoms with Crippen molar-refractivity contribution in [2.24, 2.45) is 4.99 Å². The molecule has 0 atom stereocenters. The summed E-state index contributed by atoms with van der Waals surface area (Å²) in [5.74, 6) is 0.302. The van der Waals surface area contributed by atoms with Crippen molar-refractivity contribution in [1.29, 1.82) is 0 Å². The lowest BCUT2D eigenvalue weighted by Gasteiger charge is -2.27. The number of carbonyl (C=O) groups excluding carboxylic acids is 1. The van der Waals surface area contributed by atoms with Gasteiger partial charge in [-0.25, -0.2) is 4.79 Å². The predicted molar refractivity (Wildman–Crippen MR) is 65.8 cm³/mol. The molecule has 4 nitrogen and oxygen atoms in total. The first kappa shape index (κ1) is 13.9. The summed E-state index contributed by atoms with van der Waals surface area (Å²) in [6.45, 7) is -0.134. The fraction of sp³-hybridized carbons (Fsp3) is 0.500. The molecule has 112 valence electrons. The monoisotopic (exact) mass is 299 g/mol. The van der Waals surface area contributed by atoms with Gasteiger partial charge in [-0.1, -0.05) is 12.8 Å². The van der Waals surface area contributed by atoms with Crippen molar-refractivity contribution in [2.75, 3.05) is 6.79 Å². The molecule has 0 unspecified atom stereocenters. The second-order valence-corrected chi connectivity index (χ2v) is 5.16. The van der Waals surface area contributed by atoms with Gasteiger partial charge >= 0.3 is 6.18 Å². The van der Waals surface area contributed by atoms with E-state index >= 15 is 0 Å². The molecule has 0 spiro atoms. The summed E-state index contributed by atoms with van der Waals surface area (Å²) in [5.41, 5.74) is -2.13. The van der Waals surface area contributed by atoms with Crippen LogP contribution in [0.1, 0.15) is 36.8 Å². The molecule has 2 aliphatic rings. The lowest BCUT2D eigenvalue weighted by molar-refractivity contribution is -0.138. The van der Waals surface area contributed by atoms with Crippen LogP contribution in [0.2, 0.25) is 0 Å². The fourth-order valence-corrected chi connectivity index (χ4v) is 3.14. The zero-order chi connectivity index (χ0) is 15.1. The summed E-state index contributed by atoms with van der Waals surface area (Å²) in [6.07, 6.45) is -0.986. The van der Waals surface area contributed by atoms with Gasteiger partial charge in [0.15, 0.2) is 11.5 Å². The summed E-state index contributed by atoms with van der Waals surface area (Å²) < 4.78 is 50.4. The van der Waals surface area contributed by atoms with Gasteiger partial charge in [0.2, 0.25) is 12.9 Å². The molecule has 0 amide bonds. The number of halogens is 3. The molecule has 0 saturated heterocycles. The lowest BCUT2D eigenvalue weighted by Crippen LogP contribution is -2.25. The van der Waals surface area contributed by atoms with Crippen molar-refractivity contribution in [3.63, 3.8) is 0 Å². The molecule has 21 heavy (non-hydrogen) atoms. The normalized spacial score (nSPS) is 19.4. The van der Waals surface area contributed by atoms with Crippen LogP contribution in [-0.2, 0) is 16.5 Å². The van der Waals surface area contributed by atoms with Crippen LogP contribution in [0.15, 0.2) is 17.1 Å². The SMILES string of the molecule is O=C=NC1(c2c(C(F)(F)F)ccc3c2OCO3)CCCC1. The zero-order valence-corrected chi connectivity index (χ0v) is 11.0. The van der Waals surface area contributed by atoms with Gasteiger partial charge in [-0.15, -0.1) is 0 Å². The third kappa shape index (κ3) is 2.17. The molecule has 1 saturated carbocycles. The maximum absolute atomic E-state index is 13.3. The van der Waals surface area contributed by atoms with Crippen molar-refractivity contribution >= 4 is 6.08 Å². The average Bonchev–Trinajstić information content (AvgIpc) is 3.05. The summed E-state index contributed by atoms with van der Waals surface area (Å²) in [7, 11) is 0. The van der Waals surface area contributed by atoms with E-state index in [1.54, 1.807) is 0 Å². The molecule has 7 heteroatoms. The Morgan fingerprint density at radius 3 is 2.52 bits per heavy atom. The van der Waals surface area contributed by atoms with Crippen molar-refractivity contribution in [1.82, 2.24) is 0 Å². The lowest BCUT2D eigenvalue weighted by atomic mass is 9.84. The van der Waals surface area contributed by atoms with Gasteiger partial charge in [-0.3, -0.25) is 0 Å². The standard InChI is InChI=1S/C14H12F3NO3/c15-14(16,17)9-3-4-10-12(21-8-20-10)11(9)13(18-7-19)5-1-2-6-13/h3-4H,1-2,5-6,8H2. The van der Waals surface area contributed by atoms with Crippen molar-refractivity contribution in [3.8, 4) is 11.5 Å². The average molecular weight is 299 g/mol. The van der Waals surface area contributed by atoms with E-state index < -0.39 is 17.3 Å². The van der Waals surface area contributed by atoms with Crippen LogP contribution in [0.3, 0.4) is 0 Å². The predicted octanol–water partition coefficient (Wildman–Crippen LogP) is 3.54. The number of benzene rings is 1. The number of rotatable bonds is 2. The van der Waals surface area contributed by atoms with Gasteiger partial charge in [-0.2, -0.15) is 18.2 Å². The van der Waals surface area contributed by atoms with Gasteiger partial charge in [0.25, 0.3) is 0 Å². The minimum Gasteiger partial charge on any atom is -0.454 e. The van der Waals surface area contributed by atoms with Crippen LogP contribution in [0.25, 0.3) is 0 Å². The van der Waals surface area contributed by atoms with Gasteiger partial charge in [0, 0.05) is 5.56 Å². The van der Waals surface area contributed by atoms with Crippen molar-refractivity contribution in [3.05, 3.63) is 23.3 Å². The van der Waals surface area contributed by atoms with E-state index in [0.29, 0.717) is 25.7 Å². The minimum atomic E-state index is -4.55. The maximum atomic E-state index is 13.3. The van der Waals surface area contributed by atoms with Gasteiger partial charge in [0.1, 0.15) is 5.54 Å². The molecule has 0 aromatic heterocycles. The van der Waals surface area contributed by atoms with Crippen LogP contribution in [0.4, 0.5) is 13.2 Å². The molecule has 0 bridgehead atoms. The van der Waals surface area contributed by atoms with Gasteiger partial charge in [-0.05, 0) is 25.0 Å². The number of alkyl halides is 3. The van der Waals surface area contributed by atoms with E-state index in [0.717, 1.165) is 6.07 Å². The van der Waals surface area contributed by atoms with E-state index in [-0.39, 0.29) is 23.9 Å². The highest BCUT2D eigenvalue weighted by molar-refractivity contribution is 5.57. The Kier molecular flexibility index (Phi) is 3.17. The molecule has 3 rings (SSSR count). The van der Waals surface area contributed by atoms with E-state index in [1.807, 2.05) is 0 Å². The molecule has 0 N–H and O–H groups in total. The Bertz CT molecular complexity index is 615. The summed E-state index contributed by atoms with van der Waals surface area (Å²) in [6, 6.07) is 2.20. The molecule has 1 aromatic carbocycles. The largest absolute Gasteiger partial charge is 0.454 e. The molecule has 1 aromatic rings. The van der Waals surface area contributed by atoms with E-state index in [2.05, 4.69) is 4.99 Å². The number of isocyanates is 1. The topological polar surface area (TPSA) is 47.9 Å². The molecule has 1 fully saturated rings. The van der Waals surface area contributed by atoms with Gasteiger partial charge in [0.05, 0.1) is 5.56 Å². The third-order valence-electron chi connectivity index (χ3n) is 4.00. The molecular weight excluding hydrogens is 287 g/mol. The first-order chi connectivity index (χ1) is 9.98. The van der Waals surface area contributed by atoms with E-state index in [1.165, 1.54) is 12.1 Å². The first-order valence-electron chi connectivity index (χ1n) is 6.57. The summed E-state index contributed by atoms with van der Waals surface area (Å²) in [5, 5.41) is 0. The number of ether oxygens (including phenoxy) is 2. The highest BCUT2D eigenvalue weighted by atomic mass is 19.4. The highest BCUT2D eigenvalue weighted by Gasteiger charge is 2.47. The number of fused-ring (bicyclic) bond motifs is 1.